The first-order valence-corrected chi connectivity index (χ1v) is 13.5. The second-order valence-corrected chi connectivity index (χ2v) is 9.91. The van der Waals surface area contributed by atoms with Crippen LogP contribution < -0.4 is 20.1 Å². The van der Waals surface area contributed by atoms with Crippen LogP contribution in [-0.2, 0) is 30.5 Å². The maximum atomic E-state index is 12.5. The fourth-order valence-electron chi connectivity index (χ4n) is 4.05. The molecule has 0 saturated carbocycles. The fraction of sp³-hybridized carbons (Fsp3) is 0.321. The van der Waals surface area contributed by atoms with Crippen molar-refractivity contribution in [2.75, 3.05) is 24.9 Å². The van der Waals surface area contributed by atoms with Crippen LogP contribution in [0.25, 0.3) is 0 Å². The lowest BCUT2D eigenvalue weighted by Crippen LogP contribution is -2.22. The van der Waals surface area contributed by atoms with Gasteiger partial charge in [0.2, 0.25) is 11.0 Å². The zero-order valence-electron chi connectivity index (χ0n) is 22.0. The molecule has 2 aromatic heterocycles. The van der Waals surface area contributed by atoms with E-state index in [1.165, 1.54) is 11.3 Å². The molecule has 1 unspecified atom stereocenters. The topological polar surface area (TPSA) is 131 Å². The Morgan fingerprint density at radius 2 is 1.74 bits per heavy atom. The number of benzene rings is 2. The molecule has 0 fully saturated rings. The van der Waals surface area contributed by atoms with E-state index in [1.54, 1.807) is 20.3 Å². The van der Waals surface area contributed by atoms with Crippen LogP contribution in [-0.4, -0.2) is 51.9 Å². The number of aryl methyl sites for hydroxylation is 2. The molecule has 1 amide bonds. The van der Waals surface area contributed by atoms with Crippen LogP contribution in [0.1, 0.15) is 34.7 Å². The van der Waals surface area contributed by atoms with Gasteiger partial charge in [0.25, 0.3) is 0 Å². The number of carbonyl (C=O) groups excluding carboxylic acids is 1. The maximum absolute atomic E-state index is 12.5. The lowest BCUT2D eigenvalue weighted by atomic mass is 10.1. The number of aliphatic hydroxyl groups is 1. The molecule has 1 atom stereocenters. The van der Waals surface area contributed by atoms with Crippen molar-refractivity contribution >= 4 is 28.2 Å². The second-order valence-electron chi connectivity index (χ2n) is 8.85. The van der Waals surface area contributed by atoms with Crippen LogP contribution in [0.15, 0.2) is 60.7 Å². The standard InChI is InChI=1S/C28H32N6O4S/c1-37-22-13-8-11-20(27(22)38-2)18-25(36)30-28-34-33-26(39-28)14-7-6-12-21-15-16-23(32-31-21)29-24(35)17-19-9-4-3-5-10-19/h3-5,8-11,13,15-16,24,35H,6-7,12,14,17-18H2,1-2H3,(H,29,32)(H,30,34,36). The van der Waals surface area contributed by atoms with Crippen LogP contribution in [0, 0.1) is 0 Å². The Labute approximate surface area is 231 Å². The van der Waals surface area contributed by atoms with Gasteiger partial charge < -0.3 is 25.2 Å². The third-order valence-electron chi connectivity index (χ3n) is 5.93. The molecule has 10 nitrogen and oxygen atoms in total. The number of ether oxygens (including phenoxy) is 2. The van der Waals surface area contributed by atoms with Crippen LogP contribution >= 0.6 is 11.3 Å². The highest BCUT2D eigenvalue weighted by molar-refractivity contribution is 7.15. The van der Waals surface area contributed by atoms with Gasteiger partial charge in [0, 0.05) is 18.4 Å². The van der Waals surface area contributed by atoms with E-state index in [4.69, 9.17) is 9.47 Å². The predicted octanol–water partition coefficient (Wildman–Crippen LogP) is 4.06. The van der Waals surface area contributed by atoms with E-state index < -0.39 is 6.23 Å². The molecule has 39 heavy (non-hydrogen) atoms. The average Bonchev–Trinajstić information content (AvgIpc) is 3.39. The molecule has 0 spiro atoms. The van der Waals surface area contributed by atoms with Gasteiger partial charge in [0.05, 0.1) is 26.3 Å². The summed E-state index contributed by atoms with van der Waals surface area (Å²) in [5.41, 5.74) is 2.66. The Balaban J connectivity index is 1.17. The van der Waals surface area contributed by atoms with E-state index in [1.807, 2.05) is 54.6 Å². The highest BCUT2D eigenvalue weighted by Gasteiger charge is 2.15. The van der Waals surface area contributed by atoms with E-state index in [0.29, 0.717) is 28.9 Å². The van der Waals surface area contributed by atoms with Crippen molar-refractivity contribution in [1.29, 1.82) is 0 Å². The summed E-state index contributed by atoms with van der Waals surface area (Å²) in [6.45, 7) is 0. The zero-order valence-corrected chi connectivity index (χ0v) is 22.8. The summed E-state index contributed by atoms with van der Waals surface area (Å²) >= 11 is 1.37. The molecule has 4 rings (SSSR count). The smallest absolute Gasteiger partial charge is 0.230 e. The number of hydrogen-bond acceptors (Lipinski definition) is 10. The molecule has 0 saturated heterocycles. The van der Waals surface area contributed by atoms with Crippen molar-refractivity contribution < 1.29 is 19.4 Å². The fourth-order valence-corrected chi connectivity index (χ4v) is 4.84. The first-order valence-electron chi connectivity index (χ1n) is 12.7. The number of aromatic nitrogens is 4. The van der Waals surface area contributed by atoms with Gasteiger partial charge in [-0.15, -0.1) is 15.3 Å². The molecule has 11 heteroatoms. The largest absolute Gasteiger partial charge is 0.493 e. The second kappa shape index (κ2) is 14.2. The van der Waals surface area contributed by atoms with Crippen LogP contribution in [0.3, 0.4) is 0 Å². The molecular weight excluding hydrogens is 516 g/mol. The Morgan fingerprint density at radius 3 is 2.49 bits per heavy atom. The van der Waals surface area contributed by atoms with Gasteiger partial charge in [-0.1, -0.05) is 53.8 Å². The van der Waals surface area contributed by atoms with E-state index in [2.05, 4.69) is 31.0 Å². The van der Waals surface area contributed by atoms with Crippen molar-refractivity contribution in [3.8, 4) is 11.5 Å². The molecule has 0 aliphatic carbocycles. The van der Waals surface area contributed by atoms with E-state index >= 15 is 0 Å². The normalized spacial score (nSPS) is 11.6. The quantitative estimate of drug-likeness (QED) is 0.158. The number of carbonyl (C=O) groups is 1. The maximum Gasteiger partial charge on any atom is 0.230 e. The molecule has 0 aliphatic rings. The van der Waals surface area contributed by atoms with Gasteiger partial charge in [-0.05, 0) is 43.0 Å². The van der Waals surface area contributed by atoms with Crippen molar-refractivity contribution in [3.63, 3.8) is 0 Å². The van der Waals surface area contributed by atoms with Gasteiger partial charge in [-0.3, -0.25) is 4.79 Å². The van der Waals surface area contributed by atoms with Gasteiger partial charge in [-0.2, -0.15) is 5.10 Å². The first-order chi connectivity index (χ1) is 19.0. The molecule has 0 bridgehead atoms. The minimum Gasteiger partial charge on any atom is -0.493 e. The Bertz CT molecular complexity index is 1330. The molecular formula is C28H32N6O4S. The Kier molecular flexibility index (Phi) is 10.1. The third-order valence-corrected chi connectivity index (χ3v) is 6.83. The Morgan fingerprint density at radius 1 is 0.923 bits per heavy atom. The number of aliphatic hydroxyl groups excluding tert-OH is 1. The molecule has 0 aliphatic heterocycles. The van der Waals surface area contributed by atoms with E-state index in [-0.39, 0.29) is 12.3 Å². The summed E-state index contributed by atoms with van der Waals surface area (Å²) in [7, 11) is 3.11. The molecule has 0 radical (unpaired) electrons. The van der Waals surface area contributed by atoms with E-state index in [0.717, 1.165) is 47.5 Å². The number of anilines is 2. The number of rotatable bonds is 14. The molecule has 204 valence electrons. The van der Waals surface area contributed by atoms with Crippen LogP contribution in [0.4, 0.5) is 10.9 Å². The van der Waals surface area contributed by atoms with Crippen molar-refractivity contribution in [2.24, 2.45) is 0 Å². The minimum atomic E-state index is -0.737. The number of methoxy groups -OCH3 is 2. The molecule has 3 N–H and O–H groups in total. The highest BCUT2D eigenvalue weighted by atomic mass is 32.1. The van der Waals surface area contributed by atoms with Crippen molar-refractivity contribution in [3.05, 3.63) is 82.5 Å². The number of unbranched alkanes of at least 4 members (excludes halogenated alkanes) is 1. The summed E-state index contributed by atoms with van der Waals surface area (Å²) in [6, 6.07) is 19.0. The van der Waals surface area contributed by atoms with Crippen molar-refractivity contribution in [1.82, 2.24) is 20.4 Å². The number of nitrogens with zero attached hydrogens (tertiary/aromatic N) is 4. The number of amides is 1. The van der Waals surface area contributed by atoms with Crippen LogP contribution in [0.2, 0.25) is 0 Å². The minimum absolute atomic E-state index is 0.136. The number of hydrogen-bond donors (Lipinski definition) is 3. The summed E-state index contributed by atoms with van der Waals surface area (Å²) < 4.78 is 10.7. The van der Waals surface area contributed by atoms with Gasteiger partial charge >= 0.3 is 0 Å². The average molecular weight is 549 g/mol. The van der Waals surface area contributed by atoms with Gasteiger partial charge in [0.1, 0.15) is 11.2 Å². The molecule has 4 aromatic rings. The van der Waals surface area contributed by atoms with Crippen LogP contribution in [0.5, 0.6) is 11.5 Å². The number of nitrogens with one attached hydrogen (secondary N) is 2. The lowest BCUT2D eigenvalue weighted by Gasteiger charge is -2.13. The summed E-state index contributed by atoms with van der Waals surface area (Å²) in [5.74, 6) is 1.46. The third kappa shape index (κ3) is 8.45. The first kappa shape index (κ1) is 27.9. The monoisotopic (exact) mass is 548 g/mol. The number of para-hydroxylation sites is 1. The summed E-state index contributed by atoms with van der Waals surface area (Å²) in [5, 5.41) is 34.1. The molecule has 2 aromatic carbocycles. The molecule has 2 heterocycles. The highest BCUT2D eigenvalue weighted by Crippen LogP contribution is 2.31. The van der Waals surface area contributed by atoms with E-state index in [9.17, 15) is 9.90 Å². The summed E-state index contributed by atoms with van der Waals surface area (Å²) in [4.78, 5) is 12.5. The van der Waals surface area contributed by atoms with Crippen molar-refractivity contribution in [2.45, 2.75) is 44.8 Å². The predicted molar refractivity (Wildman–Crippen MR) is 150 cm³/mol. The lowest BCUT2D eigenvalue weighted by molar-refractivity contribution is -0.115. The summed E-state index contributed by atoms with van der Waals surface area (Å²) in [6.07, 6.45) is 3.24. The SMILES string of the molecule is COc1cccc(CC(=O)Nc2nnc(CCCCc3ccc(NC(O)Cc4ccccc4)nn3)s2)c1OC. The van der Waals surface area contributed by atoms with Gasteiger partial charge in [-0.25, -0.2) is 0 Å². The van der Waals surface area contributed by atoms with Gasteiger partial charge in [0.15, 0.2) is 17.3 Å². The Hall–Kier alpha value is -4.09. The zero-order chi connectivity index (χ0) is 27.5.